The van der Waals surface area contributed by atoms with Crippen molar-refractivity contribution >= 4 is 0 Å². The van der Waals surface area contributed by atoms with Crippen LogP contribution in [0.5, 0.6) is 17.2 Å². The second-order valence-corrected chi connectivity index (χ2v) is 7.79. The van der Waals surface area contributed by atoms with Crippen molar-refractivity contribution in [3.05, 3.63) is 53.3 Å². The molecule has 0 amide bonds. The first-order chi connectivity index (χ1) is 13.9. The summed E-state index contributed by atoms with van der Waals surface area (Å²) in [4.78, 5) is 0. The molecule has 0 radical (unpaired) electrons. The highest BCUT2D eigenvalue weighted by atomic mass is 19.4. The Morgan fingerprint density at radius 1 is 0.867 bits per heavy atom. The molecule has 2 aromatic rings. The molecule has 0 spiro atoms. The third-order valence-electron chi connectivity index (χ3n) is 5.12. The smallest absolute Gasteiger partial charge is 0.417 e. The first kappa shape index (κ1) is 23.8. The Bertz CT molecular complexity index is 880. The molecule has 0 saturated carbocycles. The van der Waals surface area contributed by atoms with Crippen molar-refractivity contribution in [2.45, 2.75) is 43.9 Å². The van der Waals surface area contributed by atoms with Gasteiger partial charge in [0, 0.05) is 17.5 Å². The quantitative estimate of drug-likeness (QED) is 0.595. The van der Waals surface area contributed by atoms with Crippen LogP contribution in [0.3, 0.4) is 0 Å². The zero-order valence-electron chi connectivity index (χ0n) is 17.6. The van der Waals surface area contributed by atoms with Gasteiger partial charge >= 0.3 is 6.18 Å². The predicted octanol–water partition coefficient (Wildman–Crippen LogP) is 5.06. The minimum atomic E-state index is -4.96. The van der Waals surface area contributed by atoms with Crippen molar-refractivity contribution in [3.8, 4) is 17.2 Å². The average molecular weight is 430 g/mol. The molecule has 0 aliphatic heterocycles. The zero-order chi connectivity index (χ0) is 22.7. The standard InChI is InChI=1S/C22H26F4O4/c1-20(2,17-11-15(23)6-8-19(17)30-5)13-21(27,22(24,25)26)12-14-10-16(28-3)7-9-18(14)29-4/h6-11,27H,12-13H2,1-5H3. The number of benzene rings is 2. The van der Waals surface area contributed by atoms with Gasteiger partial charge in [-0.3, -0.25) is 0 Å². The van der Waals surface area contributed by atoms with Gasteiger partial charge in [-0.05, 0) is 48.2 Å². The van der Waals surface area contributed by atoms with E-state index in [1.54, 1.807) is 6.07 Å². The van der Waals surface area contributed by atoms with Gasteiger partial charge in [0.05, 0.1) is 21.3 Å². The molecule has 1 unspecified atom stereocenters. The second-order valence-electron chi connectivity index (χ2n) is 7.79. The fourth-order valence-corrected chi connectivity index (χ4v) is 3.63. The maximum Gasteiger partial charge on any atom is 0.417 e. The Morgan fingerprint density at radius 2 is 1.47 bits per heavy atom. The van der Waals surface area contributed by atoms with Crippen LogP contribution < -0.4 is 14.2 Å². The third kappa shape index (κ3) is 4.98. The summed E-state index contributed by atoms with van der Waals surface area (Å²) >= 11 is 0. The molecule has 1 atom stereocenters. The van der Waals surface area contributed by atoms with Crippen LogP contribution in [0.1, 0.15) is 31.4 Å². The van der Waals surface area contributed by atoms with Gasteiger partial charge in [0.25, 0.3) is 0 Å². The van der Waals surface area contributed by atoms with E-state index in [0.717, 1.165) is 12.1 Å². The number of methoxy groups -OCH3 is 3. The summed E-state index contributed by atoms with van der Waals surface area (Å²) in [6, 6.07) is 8.06. The summed E-state index contributed by atoms with van der Waals surface area (Å²) in [5.74, 6) is 0.162. The molecule has 0 aliphatic carbocycles. The molecule has 2 aromatic carbocycles. The minimum Gasteiger partial charge on any atom is -0.497 e. The Labute approximate surface area is 173 Å². The predicted molar refractivity (Wildman–Crippen MR) is 105 cm³/mol. The van der Waals surface area contributed by atoms with Gasteiger partial charge in [0.2, 0.25) is 0 Å². The molecule has 0 aromatic heterocycles. The first-order valence-electron chi connectivity index (χ1n) is 9.21. The fraction of sp³-hybridized carbons (Fsp3) is 0.455. The summed E-state index contributed by atoms with van der Waals surface area (Å²) in [6.45, 7) is 3.01. The van der Waals surface area contributed by atoms with Gasteiger partial charge in [-0.2, -0.15) is 13.2 Å². The number of rotatable bonds is 8. The lowest BCUT2D eigenvalue weighted by molar-refractivity contribution is -0.266. The lowest BCUT2D eigenvalue weighted by Gasteiger charge is -2.38. The molecule has 0 bridgehead atoms. The molecular formula is C22H26F4O4. The van der Waals surface area contributed by atoms with Gasteiger partial charge in [-0.1, -0.05) is 13.8 Å². The summed E-state index contributed by atoms with van der Waals surface area (Å²) in [6.07, 6.45) is -6.46. The van der Waals surface area contributed by atoms with Crippen LogP contribution in [0.4, 0.5) is 17.6 Å². The van der Waals surface area contributed by atoms with Gasteiger partial charge in [0.15, 0.2) is 5.60 Å². The Hall–Kier alpha value is -2.48. The van der Waals surface area contributed by atoms with Crippen molar-refractivity contribution in [1.29, 1.82) is 0 Å². The molecule has 0 heterocycles. The van der Waals surface area contributed by atoms with E-state index in [-0.39, 0.29) is 22.6 Å². The lowest BCUT2D eigenvalue weighted by Crippen LogP contribution is -2.51. The zero-order valence-corrected chi connectivity index (χ0v) is 17.6. The highest BCUT2D eigenvalue weighted by Crippen LogP contribution is 2.46. The van der Waals surface area contributed by atoms with Crippen molar-refractivity contribution in [2.24, 2.45) is 0 Å². The highest BCUT2D eigenvalue weighted by Gasteiger charge is 2.56. The molecule has 0 fully saturated rings. The van der Waals surface area contributed by atoms with E-state index >= 15 is 0 Å². The van der Waals surface area contributed by atoms with Gasteiger partial charge in [-0.25, -0.2) is 4.39 Å². The number of aliphatic hydroxyl groups is 1. The van der Waals surface area contributed by atoms with E-state index in [2.05, 4.69) is 0 Å². The summed E-state index contributed by atoms with van der Waals surface area (Å²) in [7, 11) is 4.07. The summed E-state index contributed by atoms with van der Waals surface area (Å²) in [5, 5.41) is 10.9. The van der Waals surface area contributed by atoms with Crippen molar-refractivity contribution in [1.82, 2.24) is 0 Å². The topological polar surface area (TPSA) is 47.9 Å². The van der Waals surface area contributed by atoms with Crippen LogP contribution in [-0.4, -0.2) is 38.2 Å². The van der Waals surface area contributed by atoms with Crippen LogP contribution in [-0.2, 0) is 11.8 Å². The fourth-order valence-electron chi connectivity index (χ4n) is 3.63. The first-order valence-corrected chi connectivity index (χ1v) is 9.21. The molecule has 4 nitrogen and oxygen atoms in total. The van der Waals surface area contributed by atoms with Gasteiger partial charge < -0.3 is 19.3 Å². The summed E-state index contributed by atoms with van der Waals surface area (Å²) in [5.41, 5.74) is -4.03. The van der Waals surface area contributed by atoms with Gasteiger partial charge in [-0.15, -0.1) is 0 Å². The molecule has 8 heteroatoms. The van der Waals surface area contributed by atoms with Crippen molar-refractivity contribution in [3.63, 3.8) is 0 Å². The van der Waals surface area contributed by atoms with Crippen molar-refractivity contribution in [2.75, 3.05) is 21.3 Å². The molecule has 1 N–H and O–H groups in total. The second kappa shape index (κ2) is 8.71. The molecule has 30 heavy (non-hydrogen) atoms. The molecule has 0 aliphatic rings. The molecular weight excluding hydrogens is 404 g/mol. The molecule has 166 valence electrons. The summed E-state index contributed by atoms with van der Waals surface area (Å²) < 4.78 is 71.6. The lowest BCUT2D eigenvalue weighted by atomic mass is 9.72. The van der Waals surface area contributed by atoms with Crippen LogP contribution in [0.15, 0.2) is 36.4 Å². The van der Waals surface area contributed by atoms with E-state index in [1.807, 2.05) is 0 Å². The number of hydrogen-bond donors (Lipinski definition) is 1. The maximum atomic E-state index is 14.1. The van der Waals surface area contributed by atoms with Crippen molar-refractivity contribution < 1.29 is 36.9 Å². The van der Waals surface area contributed by atoms with Crippen LogP contribution in [0.2, 0.25) is 0 Å². The Morgan fingerprint density at radius 3 is 2.00 bits per heavy atom. The van der Waals surface area contributed by atoms with E-state index in [0.29, 0.717) is 5.75 Å². The van der Waals surface area contributed by atoms with Crippen LogP contribution >= 0.6 is 0 Å². The Balaban J connectivity index is 2.52. The van der Waals surface area contributed by atoms with E-state index in [9.17, 15) is 22.7 Å². The minimum absolute atomic E-state index is 0.138. The number of hydrogen-bond acceptors (Lipinski definition) is 4. The monoisotopic (exact) mass is 430 g/mol. The van der Waals surface area contributed by atoms with Gasteiger partial charge in [0.1, 0.15) is 23.1 Å². The van der Waals surface area contributed by atoms with Crippen LogP contribution in [0.25, 0.3) is 0 Å². The van der Waals surface area contributed by atoms with Crippen LogP contribution in [0, 0.1) is 5.82 Å². The number of alkyl halides is 3. The average Bonchev–Trinajstić information content (AvgIpc) is 2.66. The SMILES string of the molecule is COc1ccc(OC)c(CC(O)(CC(C)(C)c2cc(F)ccc2OC)C(F)(F)F)c1. The highest BCUT2D eigenvalue weighted by molar-refractivity contribution is 5.43. The largest absolute Gasteiger partial charge is 0.497 e. The Kier molecular flexibility index (Phi) is 6.91. The molecule has 2 rings (SSSR count). The van der Waals surface area contributed by atoms with E-state index in [4.69, 9.17) is 14.2 Å². The maximum absolute atomic E-state index is 14.1. The number of halogens is 4. The normalized spacial score (nSPS) is 14.2. The number of ether oxygens (including phenoxy) is 3. The van der Waals surface area contributed by atoms with E-state index in [1.165, 1.54) is 53.4 Å². The third-order valence-corrected chi connectivity index (χ3v) is 5.12. The van der Waals surface area contributed by atoms with E-state index < -0.39 is 35.9 Å². The molecule has 0 saturated heterocycles.